The summed E-state index contributed by atoms with van der Waals surface area (Å²) in [4.78, 5) is 4.39. The van der Waals surface area contributed by atoms with Crippen LogP contribution in [0.15, 0.2) is 43.8 Å². The van der Waals surface area contributed by atoms with E-state index >= 15 is 0 Å². The minimum absolute atomic E-state index is 0.126. The topological polar surface area (TPSA) is 86.0 Å². The first-order valence-electron chi connectivity index (χ1n) is 7.11. The second kappa shape index (κ2) is 6.73. The number of halogens is 1. The summed E-state index contributed by atoms with van der Waals surface area (Å²) in [6.45, 7) is 4.06. The van der Waals surface area contributed by atoms with Crippen molar-refractivity contribution in [3.8, 4) is 10.9 Å². The summed E-state index contributed by atoms with van der Waals surface area (Å²) in [6.07, 6.45) is 0. The van der Waals surface area contributed by atoms with Gasteiger partial charge in [0.2, 0.25) is 9.84 Å². The molecule has 0 amide bonds. The molecule has 0 bridgehead atoms. The maximum absolute atomic E-state index is 12.4. The Hall–Kier alpha value is -1.58. The number of hydrogen-bond acceptors (Lipinski definition) is 7. The van der Waals surface area contributed by atoms with Gasteiger partial charge in [-0.3, -0.25) is 0 Å². The van der Waals surface area contributed by atoms with Gasteiger partial charge in [0.05, 0.1) is 11.4 Å². The van der Waals surface area contributed by atoms with Crippen molar-refractivity contribution in [2.24, 2.45) is 0 Å². The van der Waals surface area contributed by atoms with E-state index in [-0.39, 0.29) is 22.8 Å². The second-order valence-electron chi connectivity index (χ2n) is 5.49. The van der Waals surface area contributed by atoms with E-state index in [1.165, 1.54) is 11.3 Å². The van der Waals surface area contributed by atoms with E-state index in [1.807, 2.05) is 19.2 Å². The summed E-state index contributed by atoms with van der Waals surface area (Å²) in [5.41, 5.74) is 1.56. The van der Waals surface area contributed by atoms with Gasteiger partial charge in [0.15, 0.2) is 5.01 Å². The molecule has 24 heavy (non-hydrogen) atoms. The molecule has 0 atom stereocenters. The minimum Gasteiger partial charge on any atom is -0.405 e. The molecule has 0 spiro atoms. The standard InChI is InChI=1S/C15H14BrN3O3S2/c1-9(2)12-7-23-14(17-12)13-18-19-15(22-13)24(20,21)8-10-3-5-11(16)6-4-10/h3-7,9H,8H2,1-2H3. The van der Waals surface area contributed by atoms with Crippen molar-refractivity contribution < 1.29 is 12.8 Å². The van der Waals surface area contributed by atoms with Gasteiger partial charge in [-0.15, -0.1) is 16.4 Å². The van der Waals surface area contributed by atoms with Gasteiger partial charge in [0, 0.05) is 9.85 Å². The highest BCUT2D eigenvalue weighted by atomic mass is 79.9. The van der Waals surface area contributed by atoms with E-state index in [1.54, 1.807) is 24.3 Å². The number of nitrogens with zero attached hydrogens (tertiary/aromatic N) is 3. The van der Waals surface area contributed by atoms with Gasteiger partial charge < -0.3 is 4.42 Å². The van der Waals surface area contributed by atoms with Crippen molar-refractivity contribution in [2.45, 2.75) is 30.7 Å². The fourth-order valence-corrected chi connectivity index (χ4v) is 4.22. The molecule has 2 heterocycles. The van der Waals surface area contributed by atoms with Crippen LogP contribution in [-0.2, 0) is 15.6 Å². The lowest BCUT2D eigenvalue weighted by Crippen LogP contribution is -2.05. The Morgan fingerprint density at radius 1 is 1.21 bits per heavy atom. The zero-order chi connectivity index (χ0) is 17.3. The van der Waals surface area contributed by atoms with Crippen molar-refractivity contribution >= 4 is 37.1 Å². The zero-order valence-corrected chi connectivity index (χ0v) is 16.2. The monoisotopic (exact) mass is 427 g/mol. The molecule has 2 aromatic heterocycles. The Bertz CT molecular complexity index is 947. The molecule has 3 aromatic rings. The average molecular weight is 428 g/mol. The number of benzene rings is 1. The van der Waals surface area contributed by atoms with Crippen molar-refractivity contribution in [1.29, 1.82) is 0 Å². The maximum atomic E-state index is 12.4. The van der Waals surface area contributed by atoms with E-state index < -0.39 is 9.84 Å². The molecule has 0 aliphatic heterocycles. The Morgan fingerprint density at radius 2 is 1.92 bits per heavy atom. The molecule has 126 valence electrons. The van der Waals surface area contributed by atoms with Crippen molar-refractivity contribution in [3.05, 3.63) is 45.4 Å². The smallest absolute Gasteiger partial charge is 0.336 e. The summed E-state index contributed by atoms with van der Waals surface area (Å²) in [5, 5.41) is 9.55. The van der Waals surface area contributed by atoms with E-state index in [0.717, 1.165) is 10.2 Å². The summed E-state index contributed by atoms with van der Waals surface area (Å²) in [6, 6.07) is 7.03. The average Bonchev–Trinajstić information content (AvgIpc) is 3.18. The largest absolute Gasteiger partial charge is 0.405 e. The molecule has 6 nitrogen and oxygen atoms in total. The van der Waals surface area contributed by atoms with E-state index in [4.69, 9.17) is 4.42 Å². The van der Waals surface area contributed by atoms with Gasteiger partial charge in [0.1, 0.15) is 0 Å². The van der Waals surface area contributed by atoms with Crippen LogP contribution in [0.5, 0.6) is 0 Å². The molecule has 0 aliphatic rings. The molecule has 9 heteroatoms. The third-order valence-corrected chi connectivity index (χ3v) is 6.03. The molecule has 0 radical (unpaired) electrons. The van der Waals surface area contributed by atoms with Crippen LogP contribution in [0.4, 0.5) is 0 Å². The molecular weight excluding hydrogens is 414 g/mol. The third-order valence-electron chi connectivity index (χ3n) is 3.24. The maximum Gasteiger partial charge on any atom is 0.336 e. The first-order valence-corrected chi connectivity index (χ1v) is 10.4. The number of rotatable bonds is 5. The SMILES string of the molecule is CC(C)c1csc(-c2nnc(S(=O)(=O)Cc3ccc(Br)cc3)o2)n1. The summed E-state index contributed by atoms with van der Waals surface area (Å²) in [5.74, 6) is 0.205. The zero-order valence-electron chi connectivity index (χ0n) is 12.9. The van der Waals surface area contributed by atoms with Crippen molar-refractivity contribution in [2.75, 3.05) is 0 Å². The van der Waals surface area contributed by atoms with Crippen molar-refractivity contribution in [3.63, 3.8) is 0 Å². The Kier molecular flexibility index (Phi) is 4.84. The minimum atomic E-state index is -3.70. The number of aromatic nitrogens is 3. The fourth-order valence-electron chi connectivity index (χ4n) is 1.93. The number of sulfone groups is 1. The normalized spacial score (nSPS) is 12.0. The number of hydrogen-bond donors (Lipinski definition) is 0. The van der Waals surface area contributed by atoms with Gasteiger partial charge in [-0.25, -0.2) is 13.4 Å². The van der Waals surface area contributed by atoms with Crippen LogP contribution in [0, 0.1) is 0 Å². The van der Waals surface area contributed by atoms with Gasteiger partial charge in [-0.05, 0) is 23.6 Å². The lowest BCUT2D eigenvalue weighted by molar-refractivity contribution is 0.439. The fraction of sp³-hybridized carbons (Fsp3) is 0.267. The van der Waals surface area contributed by atoms with Gasteiger partial charge in [-0.1, -0.05) is 47.0 Å². The number of thiazole rings is 1. The molecule has 0 saturated heterocycles. The van der Waals surface area contributed by atoms with Gasteiger partial charge >= 0.3 is 5.22 Å². The summed E-state index contributed by atoms with van der Waals surface area (Å²) in [7, 11) is -3.70. The molecule has 0 aliphatic carbocycles. The predicted octanol–water partition coefficient (Wildman–Crippen LogP) is 4.05. The Labute approximate surface area is 152 Å². The van der Waals surface area contributed by atoms with Crippen LogP contribution >= 0.6 is 27.3 Å². The molecule has 0 fully saturated rings. The molecule has 0 N–H and O–H groups in total. The summed E-state index contributed by atoms with van der Waals surface area (Å²) >= 11 is 4.67. The Morgan fingerprint density at radius 3 is 2.54 bits per heavy atom. The molecular formula is C15H14BrN3O3S2. The highest BCUT2D eigenvalue weighted by Crippen LogP contribution is 2.27. The highest BCUT2D eigenvalue weighted by molar-refractivity contribution is 9.10. The molecule has 0 unspecified atom stereocenters. The predicted molar refractivity (Wildman–Crippen MR) is 94.5 cm³/mol. The lowest BCUT2D eigenvalue weighted by Gasteiger charge is -2.00. The lowest BCUT2D eigenvalue weighted by atomic mass is 10.2. The quantitative estimate of drug-likeness (QED) is 0.610. The van der Waals surface area contributed by atoms with Crippen LogP contribution in [0.1, 0.15) is 31.0 Å². The van der Waals surface area contributed by atoms with Gasteiger partial charge in [0.25, 0.3) is 5.89 Å². The van der Waals surface area contributed by atoms with Gasteiger partial charge in [-0.2, -0.15) is 0 Å². The third kappa shape index (κ3) is 3.73. The van der Waals surface area contributed by atoms with Crippen LogP contribution in [0.3, 0.4) is 0 Å². The van der Waals surface area contributed by atoms with Crippen molar-refractivity contribution in [1.82, 2.24) is 15.2 Å². The first kappa shape index (κ1) is 17.2. The first-order chi connectivity index (χ1) is 11.3. The van der Waals surface area contributed by atoms with E-state index in [0.29, 0.717) is 10.6 Å². The van der Waals surface area contributed by atoms with Crippen LogP contribution in [0.25, 0.3) is 10.9 Å². The second-order valence-corrected chi connectivity index (χ2v) is 9.13. The van der Waals surface area contributed by atoms with Crippen LogP contribution < -0.4 is 0 Å². The van der Waals surface area contributed by atoms with Crippen LogP contribution in [0.2, 0.25) is 0 Å². The summed E-state index contributed by atoms with van der Waals surface area (Å²) < 4.78 is 31.1. The van der Waals surface area contributed by atoms with E-state index in [9.17, 15) is 8.42 Å². The van der Waals surface area contributed by atoms with Crippen LogP contribution in [-0.4, -0.2) is 23.6 Å². The highest BCUT2D eigenvalue weighted by Gasteiger charge is 2.24. The molecule has 1 aromatic carbocycles. The Balaban J connectivity index is 1.84. The molecule has 3 rings (SSSR count). The molecule has 0 saturated carbocycles. The van der Waals surface area contributed by atoms with E-state index in [2.05, 4.69) is 31.1 Å².